The van der Waals surface area contributed by atoms with E-state index in [4.69, 9.17) is 0 Å². The van der Waals surface area contributed by atoms with E-state index in [2.05, 4.69) is 6.58 Å². The van der Waals surface area contributed by atoms with Gasteiger partial charge in [-0.05, 0) is 0 Å². The Morgan fingerprint density at radius 3 is 2.17 bits per heavy atom. The van der Waals surface area contributed by atoms with Crippen molar-refractivity contribution in [3.63, 3.8) is 0 Å². The molecular formula is C5H6Os. The van der Waals surface area contributed by atoms with Crippen molar-refractivity contribution in [1.82, 2.24) is 0 Å². The van der Waals surface area contributed by atoms with Gasteiger partial charge in [0.2, 0.25) is 0 Å². The molecule has 0 aromatic heterocycles. The summed E-state index contributed by atoms with van der Waals surface area (Å²) in [6, 6.07) is 0. The standard InChI is InChI=1S/C5H6.Os/c1-3-5-4-2;/h1,3-5H,2H2;/b5-3-;. The minimum absolute atomic E-state index is 1.75. The van der Waals surface area contributed by atoms with Gasteiger partial charge in [-0.1, -0.05) is 0 Å². The number of rotatable bonds is 2. The Labute approximate surface area is 48.0 Å². The van der Waals surface area contributed by atoms with E-state index < -0.39 is 0 Å². The molecule has 0 aromatic carbocycles. The summed E-state index contributed by atoms with van der Waals surface area (Å²) in [5, 5.41) is 0. The second-order valence-electron chi connectivity index (χ2n) is 0.738. The van der Waals surface area contributed by atoms with E-state index in [0.717, 1.165) is 0 Å². The molecule has 0 aliphatic heterocycles. The van der Waals surface area contributed by atoms with Gasteiger partial charge in [0, 0.05) is 0 Å². The van der Waals surface area contributed by atoms with Crippen LogP contribution in [0.25, 0.3) is 0 Å². The number of hydrogen-bond acceptors (Lipinski definition) is 0. The maximum absolute atomic E-state index is 3.49. The Balaban J connectivity index is 3.17. The molecule has 1 heteroatoms. The van der Waals surface area contributed by atoms with Gasteiger partial charge in [-0.15, -0.1) is 0 Å². The monoisotopic (exact) mass is 258 g/mol. The van der Waals surface area contributed by atoms with E-state index in [-0.39, 0.29) is 0 Å². The van der Waals surface area contributed by atoms with E-state index in [1.54, 1.807) is 24.2 Å². The molecule has 0 aliphatic rings. The van der Waals surface area contributed by atoms with Crippen LogP contribution in [0.1, 0.15) is 0 Å². The van der Waals surface area contributed by atoms with Gasteiger partial charge < -0.3 is 0 Å². The Morgan fingerprint density at radius 1 is 1.33 bits per heavy atom. The summed E-state index contributed by atoms with van der Waals surface area (Å²) in [6.07, 6.45) is 5.60. The first-order valence-electron chi connectivity index (χ1n) is 1.61. The van der Waals surface area contributed by atoms with Crippen molar-refractivity contribution in [3.05, 3.63) is 24.8 Å². The molecule has 34 valence electrons. The fourth-order valence-corrected chi connectivity index (χ4v) is 0.400. The average molecular weight is 256 g/mol. The molecular weight excluding hydrogens is 250 g/mol. The fourth-order valence-electron chi connectivity index (χ4n) is 0.118. The Morgan fingerprint density at radius 2 is 2.00 bits per heavy atom. The van der Waals surface area contributed by atoms with Crippen molar-refractivity contribution < 1.29 is 18.1 Å². The fraction of sp³-hybridized carbons (Fsp3) is 0. The van der Waals surface area contributed by atoms with Gasteiger partial charge in [-0.2, -0.15) is 0 Å². The van der Waals surface area contributed by atoms with Crippen LogP contribution >= 0.6 is 0 Å². The van der Waals surface area contributed by atoms with Crippen LogP contribution in [0.2, 0.25) is 0 Å². The van der Waals surface area contributed by atoms with E-state index in [1.807, 2.05) is 16.7 Å². The SMILES string of the molecule is C=C/C=C\[CH]=[Os]. The third kappa shape index (κ3) is 3.99. The molecule has 0 heterocycles. The quantitative estimate of drug-likeness (QED) is 0.649. The molecule has 0 N–H and O–H groups in total. The topological polar surface area (TPSA) is 0 Å². The van der Waals surface area contributed by atoms with Crippen LogP contribution < -0.4 is 0 Å². The van der Waals surface area contributed by atoms with E-state index in [0.29, 0.717) is 0 Å². The molecule has 0 saturated heterocycles. The van der Waals surface area contributed by atoms with Gasteiger partial charge >= 0.3 is 47.5 Å². The predicted molar refractivity (Wildman–Crippen MR) is 25.4 cm³/mol. The Hall–Kier alpha value is -0.0136. The minimum atomic E-state index is 1.75. The molecule has 0 atom stereocenters. The van der Waals surface area contributed by atoms with Crippen molar-refractivity contribution >= 4 is 4.57 Å². The molecule has 0 rings (SSSR count). The van der Waals surface area contributed by atoms with Gasteiger partial charge in [0.25, 0.3) is 0 Å². The molecule has 0 bridgehead atoms. The van der Waals surface area contributed by atoms with Gasteiger partial charge in [-0.3, -0.25) is 0 Å². The molecule has 0 saturated carbocycles. The van der Waals surface area contributed by atoms with Crippen molar-refractivity contribution in [2.24, 2.45) is 0 Å². The summed E-state index contributed by atoms with van der Waals surface area (Å²) in [5.74, 6) is 0. The zero-order chi connectivity index (χ0) is 4.83. The number of hydrogen-bond donors (Lipinski definition) is 0. The van der Waals surface area contributed by atoms with Crippen LogP contribution in [-0.4, -0.2) is 4.57 Å². The molecule has 0 fully saturated rings. The van der Waals surface area contributed by atoms with Crippen molar-refractivity contribution in [1.29, 1.82) is 0 Å². The second kappa shape index (κ2) is 4.99. The Bertz CT molecular complexity index is 62.0. The molecule has 0 nitrogen and oxygen atoms in total. The summed E-state index contributed by atoms with van der Waals surface area (Å²) >= 11 is 1.81. The zero-order valence-corrected chi connectivity index (χ0v) is 5.91. The van der Waals surface area contributed by atoms with Crippen LogP contribution in [0.4, 0.5) is 0 Å². The molecule has 0 amide bonds. The third-order valence-corrected chi connectivity index (χ3v) is 0.804. The zero-order valence-electron chi connectivity index (χ0n) is 3.37. The Kier molecular flexibility index (Phi) is 4.98. The van der Waals surface area contributed by atoms with E-state index in [9.17, 15) is 0 Å². The summed E-state index contributed by atoms with van der Waals surface area (Å²) in [6.45, 7) is 3.49. The van der Waals surface area contributed by atoms with Gasteiger partial charge in [-0.25, -0.2) is 0 Å². The van der Waals surface area contributed by atoms with E-state index in [1.165, 1.54) is 0 Å². The van der Waals surface area contributed by atoms with Crippen LogP contribution in [-0.2, 0) is 18.1 Å². The van der Waals surface area contributed by atoms with E-state index >= 15 is 0 Å². The summed E-state index contributed by atoms with van der Waals surface area (Å²) in [4.78, 5) is 0. The maximum atomic E-state index is 3.49. The van der Waals surface area contributed by atoms with Crippen LogP contribution in [0.5, 0.6) is 0 Å². The molecule has 0 unspecified atom stereocenters. The molecule has 0 aliphatic carbocycles. The van der Waals surface area contributed by atoms with Crippen LogP contribution in [0, 0.1) is 0 Å². The van der Waals surface area contributed by atoms with Gasteiger partial charge in [0.15, 0.2) is 0 Å². The summed E-state index contributed by atoms with van der Waals surface area (Å²) in [5.41, 5.74) is 0. The predicted octanol–water partition coefficient (Wildman–Crippen LogP) is 1.08. The normalized spacial score (nSPS) is 8.83. The first kappa shape index (κ1) is 5.99. The van der Waals surface area contributed by atoms with Crippen LogP contribution in [0.3, 0.4) is 0 Å². The molecule has 0 spiro atoms. The van der Waals surface area contributed by atoms with Gasteiger partial charge in [0.1, 0.15) is 0 Å². The summed E-state index contributed by atoms with van der Waals surface area (Å²) in [7, 11) is 0. The molecule has 6 heavy (non-hydrogen) atoms. The van der Waals surface area contributed by atoms with Gasteiger partial charge in [0.05, 0.1) is 0 Å². The summed E-state index contributed by atoms with van der Waals surface area (Å²) < 4.78 is 1.99. The molecule has 0 aromatic rings. The average Bonchev–Trinajstić information content (AvgIpc) is 1.61. The number of allylic oxidation sites excluding steroid dienone is 3. The first-order chi connectivity index (χ1) is 2.91. The van der Waals surface area contributed by atoms with Crippen molar-refractivity contribution in [2.45, 2.75) is 0 Å². The second-order valence-corrected chi connectivity index (χ2v) is 1.59. The van der Waals surface area contributed by atoms with Crippen LogP contribution in [0.15, 0.2) is 24.8 Å². The van der Waals surface area contributed by atoms with Crippen molar-refractivity contribution in [2.75, 3.05) is 0 Å². The van der Waals surface area contributed by atoms with Crippen molar-refractivity contribution in [3.8, 4) is 0 Å². The molecule has 0 radical (unpaired) electrons. The first-order valence-corrected chi connectivity index (χ1v) is 3.08. The third-order valence-electron chi connectivity index (χ3n) is 0.315.